The van der Waals surface area contributed by atoms with Crippen molar-refractivity contribution in [2.45, 2.75) is 24.9 Å². The Bertz CT molecular complexity index is 436. The number of nitrogens with one attached hydrogen (secondary N) is 1. The lowest BCUT2D eigenvalue weighted by atomic mass is 9.85. The summed E-state index contributed by atoms with van der Waals surface area (Å²) in [5, 5.41) is 22.4. The predicted octanol–water partition coefficient (Wildman–Crippen LogP) is 0.992. The standard InChI is InChI=1S/C15H19NO2/c17-12-2-1-3-13-4-6-14(7-5-13)15(18)8-10-16-11-9-15/h4-7,16-18H,2,8-12H2. The minimum absolute atomic E-state index is 0.0951. The molecule has 3 N–H and O–H groups in total. The van der Waals surface area contributed by atoms with Crippen LogP contribution in [0.4, 0.5) is 0 Å². The van der Waals surface area contributed by atoms with E-state index in [1.807, 2.05) is 24.3 Å². The van der Waals surface area contributed by atoms with Gasteiger partial charge < -0.3 is 15.5 Å². The van der Waals surface area contributed by atoms with E-state index in [1.165, 1.54) is 0 Å². The zero-order valence-corrected chi connectivity index (χ0v) is 10.4. The summed E-state index contributed by atoms with van der Waals surface area (Å²) in [4.78, 5) is 0. The van der Waals surface area contributed by atoms with Crippen LogP contribution in [0.15, 0.2) is 24.3 Å². The Balaban J connectivity index is 2.10. The Morgan fingerprint density at radius 2 is 1.83 bits per heavy atom. The Labute approximate surface area is 108 Å². The molecule has 0 saturated carbocycles. The van der Waals surface area contributed by atoms with E-state index in [1.54, 1.807) is 0 Å². The number of rotatable bonds is 2. The van der Waals surface area contributed by atoms with Crippen molar-refractivity contribution in [3.63, 3.8) is 0 Å². The van der Waals surface area contributed by atoms with Gasteiger partial charge in [-0.3, -0.25) is 0 Å². The summed E-state index contributed by atoms with van der Waals surface area (Å²) in [6.07, 6.45) is 2.00. The zero-order chi connectivity index (χ0) is 12.8. The number of benzene rings is 1. The van der Waals surface area contributed by atoms with E-state index in [2.05, 4.69) is 17.2 Å². The SMILES string of the molecule is OCCC#Cc1ccc(C2(O)CCNCC2)cc1. The van der Waals surface area contributed by atoms with Crippen LogP contribution in [0.1, 0.15) is 30.4 Å². The molecule has 3 nitrogen and oxygen atoms in total. The Morgan fingerprint density at radius 3 is 2.44 bits per heavy atom. The molecular weight excluding hydrogens is 226 g/mol. The summed E-state index contributed by atoms with van der Waals surface area (Å²) < 4.78 is 0. The van der Waals surface area contributed by atoms with Gasteiger partial charge in [-0.05, 0) is 43.6 Å². The lowest BCUT2D eigenvalue weighted by Gasteiger charge is -2.33. The second-order valence-corrected chi connectivity index (χ2v) is 4.63. The largest absolute Gasteiger partial charge is 0.395 e. The van der Waals surface area contributed by atoms with Gasteiger partial charge in [0.25, 0.3) is 0 Å². The zero-order valence-electron chi connectivity index (χ0n) is 10.4. The molecule has 1 aromatic carbocycles. The average molecular weight is 245 g/mol. The fourth-order valence-electron chi connectivity index (χ4n) is 2.21. The van der Waals surface area contributed by atoms with Crippen molar-refractivity contribution >= 4 is 0 Å². The number of aliphatic hydroxyl groups is 2. The van der Waals surface area contributed by atoms with Crippen LogP contribution in [-0.4, -0.2) is 29.9 Å². The van der Waals surface area contributed by atoms with Crippen LogP contribution >= 0.6 is 0 Å². The molecule has 0 aliphatic carbocycles. The van der Waals surface area contributed by atoms with Crippen molar-refractivity contribution in [3.8, 4) is 11.8 Å². The smallest absolute Gasteiger partial charge is 0.0920 e. The molecule has 1 heterocycles. The molecule has 1 fully saturated rings. The van der Waals surface area contributed by atoms with Gasteiger partial charge in [0.05, 0.1) is 12.2 Å². The van der Waals surface area contributed by atoms with E-state index in [4.69, 9.17) is 5.11 Å². The summed E-state index contributed by atoms with van der Waals surface area (Å²) >= 11 is 0. The van der Waals surface area contributed by atoms with Crippen molar-refractivity contribution in [2.24, 2.45) is 0 Å². The second kappa shape index (κ2) is 6.01. The van der Waals surface area contributed by atoms with Crippen LogP contribution in [0.25, 0.3) is 0 Å². The van der Waals surface area contributed by atoms with Gasteiger partial charge in [-0.15, -0.1) is 0 Å². The molecule has 0 spiro atoms. The lowest BCUT2D eigenvalue weighted by Crippen LogP contribution is -2.39. The second-order valence-electron chi connectivity index (χ2n) is 4.63. The first-order valence-corrected chi connectivity index (χ1v) is 6.38. The topological polar surface area (TPSA) is 52.5 Å². The first-order chi connectivity index (χ1) is 8.74. The van der Waals surface area contributed by atoms with Crippen LogP contribution in [0.5, 0.6) is 0 Å². The third-order valence-electron chi connectivity index (χ3n) is 3.32. The molecule has 0 aromatic heterocycles. The third-order valence-corrected chi connectivity index (χ3v) is 3.32. The first-order valence-electron chi connectivity index (χ1n) is 6.38. The lowest BCUT2D eigenvalue weighted by molar-refractivity contribution is 0.00594. The summed E-state index contributed by atoms with van der Waals surface area (Å²) in [6.45, 7) is 1.81. The molecule has 3 heteroatoms. The number of hydrogen-bond acceptors (Lipinski definition) is 3. The van der Waals surface area contributed by atoms with Crippen LogP contribution in [-0.2, 0) is 5.60 Å². The Kier molecular flexibility index (Phi) is 4.38. The van der Waals surface area contributed by atoms with Gasteiger partial charge in [0.1, 0.15) is 0 Å². The van der Waals surface area contributed by atoms with Gasteiger partial charge in [-0.2, -0.15) is 0 Å². The van der Waals surface area contributed by atoms with E-state index in [9.17, 15) is 5.11 Å². The Morgan fingerprint density at radius 1 is 1.17 bits per heavy atom. The summed E-state index contributed by atoms with van der Waals surface area (Å²) in [5.74, 6) is 5.87. The molecule has 0 unspecified atom stereocenters. The minimum Gasteiger partial charge on any atom is -0.395 e. The maximum absolute atomic E-state index is 10.5. The van der Waals surface area contributed by atoms with Crippen molar-refractivity contribution in [2.75, 3.05) is 19.7 Å². The van der Waals surface area contributed by atoms with Crippen molar-refractivity contribution in [1.82, 2.24) is 5.32 Å². The third kappa shape index (κ3) is 3.11. The highest BCUT2D eigenvalue weighted by molar-refractivity contribution is 5.37. The van der Waals surface area contributed by atoms with Crippen LogP contribution < -0.4 is 5.32 Å². The van der Waals surface area contributed by atoms with Gasteiger partial charge in [0, 0.05) is 12.0 Å². The quantitative estimate of drug-likeness (QED) is 0.681. The van der Waals surface area contributed by atoms with E-state index in [0.717, 1.165) is 37.1 Å². The van der Waals surface area contributed by atoms with Gasteiger partial charge in [0.15, 0.2) is 0 Å². The highest BCUT2D eigenvalue weighted by Crippen LogP contribution is 2.30. The fourth-order valence-corrected chi connectivity index (χ4v) is 2.21. The van der Waals surface area contributed by atoms with Gasteiger partial charge in [-0.25, -0.2) is 0 Å². The number of hydrogen-bond donors (Lipinski definition) is 3. The maximum atomic E-state index is 10.5. The van der Waals surface area contributed by atoms with Crippen LogP contribution in [0.3, 0.4) is 0 Å². The predicted molar refractivity (Wildman–Crippen MR) is 71.0 cm³/mol. The molecule has 0 atom stereocenters. The molecule has 2 rings (SSSR count). The van der Waals surface area contributed by atoms with Gasteiger partial charge >= 0.3 is 0 Å². The maximum Gasteiger partial charge on any atom is 0.0920 e. The molecule has 1 aromatic rings. The highest BCUT2D eigenvalue weighted by atomic mass is 16.3. The average Bonchev–Trinajstić information content (AvgIpc) is 2.41. The molecule has 0 radical (unpaired) electrons. The minimum atomic E-state index is -0.692. The normalized spacial score (nSPS) is 17.9. The molecule has 18 heavy (non-hydrogen) atoms. The summed E-state index contributed by atoms with van der Waals surface area (Å²) in [6, 6.07) is 7.77. The van der Waals surface area contributed by atoms with E-state index >= 15 is 0 Å². The van der Waals surface area contributed by atoms with Crippen molar-refractivity contribution < 1.29 is 10.2 Å². The first kappa shape index (κ1) is 13.1. The molecule has 0 bridgehead atoms. The number of piperidine rings is 1. The van der Waals surface area contributed by atoms with Crippen molar-refractivity contribution in [3.05, 3.63) is 35.4 Å². The monoisotopic (exact) mass is 245 g/mol. The highest BCUT2D eigenvalue weighted by Gasteiger charge is 2.30. The van der Waals surface area contributed by atoms with E-state index in [0.29, 0.717) is 6.42 Å². The number of aliphatic hydroxyl groups excluding tert-OH is 1. The summed E-state index contributed by atoms with van der Waals surface area (Å²) in [5.41, 5.74) is 1.20. The van der Waals surface area contributed by atoms with Crippen LogP contribution in [0.2, 0.25) is 0 Å². The van der Waals surface area contributed by atoms with Crippen LogP contribution in [0, 0.1) is 11.8 Å². The molecular formula is C15H19NO2. The van der Waals surface area contributed by atoms with Gasteiger partial charge in [0.2, 0.25) is 0 Å². The molecule has 0 amide bonds. The van der Waals surface area contributed by atoms with Crippen molar-refractivity contribution in [1.29, 1.82) is 0 Å². The van der Waals surface area contributed by atoms with Gasteiger partial charge in [-0.1, -0.05) is 24.0 Å². The molecule has 1 aliphatic rings. The fraction of sp³-hybridized carbons (Fsp3) is 0.467. The van der Waals surface area contributed by atoms with E-state index < -0.39 is 5.60 Å². The molecule has 1 saturated heterocycles. The van der Waals surface area contributed by atoms with E-state index in [-0.39, 0.29) is 6.61 Å². The molecule has 1 aliphatic heterocycles. The summed E-state index contributed by atoms with van der Waals surface area (Å²) in [7, 11) is 0. The molecule has 96 valence electrons. The Hall–Kier alpha value is -1.34.